The number of aryl methyl sites for hydroxylation is 2. The highest BCUT2D eigenvalue weighted by Crippen LogP contribution is 2.34. The van der Waals surface area contributed by atoms with E-state index in [1.807, 2.05) is 25.1 Å². The molecule has 0 amide bonds. The second-order valence-electron chi connectivity index (χ2n) is 4.83. The van der Waals surface area contributed by atoms with Gasteiger partial charge in [0.05, 0.1) is 6.10 Å². The molecule has 0 heterocycles. The van der Waals surface area contributed by atoms with Crippen molar-refractivity contribution in [3.05, 3.63) is 57.3 Å². The van der Waals surface area contributed by atoms with Gasteiger partial charge >= 0.3 is 0 Å². The number of benzene rings is 2. The third kappa shape index (κ3) is 3.19. The van der Waals surface area contributed by atoms with E-state index in [4.69, 9.17) is 4.74 Å². The monoisotopic (exact) mass is 338 g/mol. The zero-order valence-electron chi connectivity index (χ0n) is 11.6. The highest BCUT2D eigenvalue weighted by Gasteiger charge is 2.14. The zero-order chi connectivity index (χ0) is 14.9. The van der Waals surface area contributed by atoms with Gasteiger partial charge in [0.15, 0.2) is 0 Å². The standard InChI is InChI=1S/C16H16BrFO2/c1-9-7-16(13(11(3)19)8-14(9)18)20-15-5-4-12(17)6-10(15)2/h4-8,11,19H,1-3H3. The molecule has 2 nitrogen and oxygen atoms in total. The van der Waals surface area contributed by atoms with Crippen molar-refractivity contribution in [1.29, 1.82) is 0 Å². The van der Waals surface area contributed by atoms with Crippen molar-refractivity contribution >= 4 is 15.9 Å². The van der Waals surface area contributed by atoms with Gasteiger partial charge in [-0.05, 0) is 62.2 Å². The predicted molar refractivity (Wildman–Crippen MR) is 80.7 cm³/mol. The summed E-state index contributed by atoms with van der Waals surface area (Å²) in [5.41, 5.74) is 1.88. The van der Waals surface area contributed by atoms with E-state index in [2.05, 4.69) is 15.9 Å². The SMILES string of the molecule is Cc1cc(Oc2ccc(Br)cc2C)c(C(C)O)cc1F. The minimum Gasteiger partial charge on any atom is -0.457 e. The molecular weight excluding hydrogens is 323 g/mol. The quantitative estimate of drug-likeness (QED) is 0.848. The molecule has 0 spiro atoms. The Kier molecular flexibility index (Phi) is 4.45. The Bertz CT molecular complexity index is 639. The summed E-state index contributed by atoms with van der Waals surface area (Å²) in [4.78, 5) is 0. The highest BCUT2D eigenvalue weighted by molar-refractivity contribution is 9.10. The number of halogens is 2. The van der Waals surface area contributed by atoms with E-state index in [0.29, 0.717) is 22.6 Å². The van der Waals surface area contributed by atoms with Gasteiger partial charge in [0.25, 0.3) is 0 Å². The van der Waals surface area contributed by atoms with Crippen LogP contribution in [-0.2, 0) is 0 Å². The van der Waals surface area contributed by atoms with Gasteiger partial charge < -0.3 is 9.84 Å². The summed E-state index contributed by atoms with van der Waals surface area (Å²) in [7, 11) is 0. The molecule has 106 valence electrons. The van der Waals surface area contributed by atoms with Gasteiger partial charge in [-0.15, -0.1) is 0 Å². The third-order valence-corrected chi connectivity index (χ3v) is 3.59. The molecule has 0 aliphatic rings. The van der Waals surface area contributed by atoms with E-state index < -0.39 is 6.10 Å². The molecule has 0 radical (unpaired) electrons. The Morgan fingerprint density at radius 3 is 2.40 bits per heavy atom. The number of ether oxygens (including phenoxy) is 1. The van der Waals surface area contributed by atoms with Gasteiger partial charge in [-0.3, -0.25) is 0 Å². The Balaban J connectivity index is 2.44. The lowest BCUT2D eigenvalue weighted by Crippen LogP contribution is -1.99. The first kappa shape index (κ1) is 15.0. The van der Waals surface area contributed by atoms with Crippen molar-refractivity contribution in [1.82, 2.24) is 0 Å². The maximum atomic E-state index is 13.6. The molecule has 2 aromatic carbocycles. The van der Waals surface area contributed by atoms with Crippen molar-refractivity contribution in [2.45, 2.75) is 26.9 Å². The van der Waals surface area contributed by atoms with Crippen LogP contribution in [0.3, 0.4) is 0 Å². The van der Waals surface area contributed by atoms with E-state index in [0.717, 1.165) is 10.0 Å². The summed E-state index contributed by atoms with van der Waals surface area (Å²) < 4.78 is 20.4. The fraction of sp³-hybridized carbons (Fsp3) is 0.250. The maximum absolute atomic E-state index is 13.6. The van der Waals surface area contributed by atoms with Crippen LogP contribution in [0.4, 0.5) is 4.39 Å². The van der Waals surface area contributed by atoms with Crippen LogP contribution in [0.25, 0.3) is 0 Å². The molecule has 20 heavy (non-hydrogen) atoms. The summed E-state index contributed by atoms with van der Waals surface area (Å²) in [5, 5.41) is 9.76. The number of hydrogen-bond donors (Lipinski definition) is 1. The van der Waals surface area contributed by atoms with E-state index in [-0.39, 0.29) is 5.82 Å². The average Bonchev–Trinajstić information content (AvgIpc) is 2.36. The average molecular weight is 339 g/mol. The van der Waals surface area contributed by atoms with Crippen molar-refractivity contribution in [2.75, 3.05) is 0 Å². The lowest BCUT2D eigenvalue weighted by atomic mass is 10.1. The van der Waals surface area contributed by atoms with Gasteiger partial charge in [0, 0.05) is 10.0 Å². The minimum absolute atomic E-state index is 0.347. The minimum atomic E-state index is -0.796. The lowest BCUT2D eigenvalue weighted by Gasteiger charge is -2.16. The molecule has 0 fully saturated rings. The maximum Gasteiger partial charge on any atom is 0.133 e. The smallest absolute Gasteiger partial charge is 0.133 e. The van der Waals surface area contributed by atoms with Crippen molar-refractivity contribution in [3.8, 4) is 11.5 Å². The van der Waals surface area contributed by atoms with Gasteiger partial charge in [-0.1, -0.05) is 15.9 Å². The number of aliphatic hydroxyl groups excluding tert-OH is 1. The normalized spacial score (nSPS) is 12.3. The Hall–Kier alpha value is -1.39. The van der Waals surface area contributed by atoms with E-state index in [9.17, 15) is 9.50 Å². The van der Waals surface area contributed by atoms with Crippen molar-refractivity contribution in [2.24, 2.45) is 0 Å². The van der Waals surface area contributed by atoms with Crippen LogP contribution in [0.1, 0.15) is 29.7 Å². The van der Waals surface area contributed by atoms with Crippen molar-refractivity contribution < 1.29 is 14.2 Å². The van der Waals surface area contributed by atoms with Gasteiger partial charge in [0.1, 0.15) is 17.3 Å². The van der Waals surface area contributed by atoms with Crippen molar-refractivity contribution in [3.63, 3.8) is 0 Å². The summed E-state index contributed by atoms with van der Waals surface area (Å²) in [6, 6.07) is 8.58. The topological polar surface area (TPSA) is 29.5 Å². The van der Waals surface area contributed by atoms with Crippen LogP contribution in [-0.4, -0.2) is 5.11 Å². The number of aliphatic hydroxyl groups is 1. The number of hydrogen-bond acceptors (Lipinski definition) is 2. The van der Waals surface area contributed by atoms with Gasteiger partial charge in [0.2, 0.25) is 0 Å². The van der Waals surface area contributed by atoms with E-state index in [1.54, 1.807) is 19.9 Å². The third-order valence-electron chi connectivity index (χ3n) is 3.10. The molecule has 2 rings (SSSR count). The predicted octanol–water partition coefficient (Wildman–Crippen LogP) is 5.05. The van der Waals surface area contributed by atoms with Crippen LogP contribution in [0.5, 0.6) is 11.5 Å². The molecule has 0 saturated carbocycles. The first-order valence-corrected chi connectivity index (χ1v) is 7.10. The summed E-state index contributed by atoms with van der Waals surface area (Å²) in [6.45, 7) is 5.19. The van der Waals surface area contributed by atoms with Crippen LogP contribution < -0.4 is 4.74 Å². The van der Waals surface area contributed by atoms with E-state index >= 15 is 0 Å². The molecular formula is C16H16BrFO2. The van der Waals surface area contributed by atoms with Crippen LogP contribution in [0.2, 0.25) is 0 Å². The molecule has 1 unspecified atom stereocenters. The zero-order valence-corrected chi connectivity index (χ0v) is 13.2. The highest BCUT2D eigenvalue weighted by atomic mass is 79.9. The Labute approximate surface area is 126 Å². The molecule has 1 N–H and O–H groups in total. The van der Waals surface area contributed by atoms with Gasteiger partial charge in [-0.25, -0.2) is 4.39 Å². The van der Waals surface area contributed by atoms with Gasteiger partial charge in [-0.2, -0.15) is 0 Å². The fourth-order valence-electron chi connectivity index (χ4n) is 1.93. The molecule has 0 bridgehead atoms. The first-order chi connectivity index (χ1) is 9.38. The first-order valence-electron chi connectivity index (χ1n) is 6.30. The second-order valence-corrected chi connectivity index (χ2v) is 5.74. The second kappa shape index (κ2) is 5.94. The fourth-order valence-corrected chi connectivity index (χ4v) is 2.41. The van der Waals surface area contributed by atoms with E-state index in [1.165, 1.54) is 6.07 Å². The summed E-state index contributed by atoms with van der Waals surface area (Å²) in [5.74, 6) is 0.811. The van der Waals surface area contributed by atoms with Crippen LogP contribution in [0, 0.1) is 19.7 Å². The van der Waals surface area contributed by atoms with Crippen LogP contribution >= 0.6 is 15.9 Å². The molecule has 4 heteroatoms. The van der Waals surface area contributed by atoms with Crippen LogP contribution in [0.15, 0.2) is 34.8 Å². The molecule has 0 aliphatic heterocycles. The Morgan fingerprint density at radius 2 is 1.80 bits per heavy atom. The molecule has 2 aromatic rings. The molecule has 0 aliphatic carbocycles. The lowest BCUT2D eigenvalue weighted by molar-refractivity contribution is 0.195. The summed E-state index contributed by atoms with van der Waals surface area (Å²) in [6.07, 6.45) is -0.796. The molecule has 0 saturated heterocycles. The summed E-state index contributed by atoms with van der Waals surface area (Å²) >= 11 is 3.40. The molecule has 0 aromatic heterocycles. The largest absolute Gasteiger partial charge is 0.457 e. The molecule has 1 atom stereocenters. The number of rotatable bonds is 3. The Morgan fingerprint density at radius 1 is 1.10 bits per heavy atom.